The van der Waals surface area contributed by atoms with Crippen LogP contribution in [0.25, 0.3) is 0 Å². The van der Waals surface area contributed by atoms with E-state index < -0.39 is 0 Å². The lowest BCUT2D eigenvalue weighted by atomic mass is 10.1. The van der Waals surface area contributed by atoms with E-state index in [0.717, 1.165) is 25.2 Å². The number of rotatable bonds is 3. The molecule has 0 radical (unpaired) electrons. The Morgan fingerprint density at radius 2 is 2.38 bits per heavy atom. The molecule has 3 nitrogen and oxygen atoms in total. The zero-order valence-electron chi connectivity index (χ0n) is 10.3. The van der Waals surface area contributed by atoms with E-state index in [1.54, 1.807) is 11.3 Å². The minimum atomic E-state index is 0.254. The molecule has 90 valence electrons. The van der Waals surface area contributed by atoms with Crippen molar-refractivity contribution in [2.24, 2.45) is 11.7 Å². The van der Waals surface area contributed by atoms with Crippen LogP contribution in [0.5, 0.6) is 0 Å². The third kappa shape index (κ3) is 2.44. The molecule has 1 aliphatic rings. The molecule has 0 bridgehead atoms. The van der Waals surface area contributed by atoms with Crippen molar-refractivity contribution in [2.45, 2.75) is 39.3 Å². The van der Waals surface area contributed by atoms with Gasteiger partial charge in [-0.25, -0.2) is 4.98 Å². The third-order valence-corrected chi connectivity index (χ3v) is 4.07. The number of hydrogen-bond acceptors (Lipinski definition) is 4. The molecular formula is C12H21N3S. The first-order chi connectivity index (χ1) is 7.58. The quantitative estimate of drug-likeness (QED) is 0.879. The summed E-state index contributed by atoms with van der Waals surface area (Å²) in [6, 6.07) is 0.602. The Morgan fingerprint density at radius 3 is 2.94 bits per heavy atom. The van der Waals surface area contributed by atoms with Gasteiger partial charge in [0.2, 0.25) is 0 Å². The van der Waals surface area contributed by atoms with Crippen LogP contribution in [0.15, 0.2) is 5.38 Å². The van der Waals surface area contributed by atoms with Gasteiger partial charge in [0.25, 0.3) is 0 Å². The van der Waals surface area contributed by atoms with Gasteiger partial charge in [0.05, 0.1) is 6.04 Å². The maximum absolute atomic E-state index is 6.21. The molecule has 16 heavy (non-hydrogen) atoms. The molecule has 0 aliphatic carbocycles. The number of likely N-dealkylation sites (tertiary alicyclic amines) is 1. The van der Waals surface area contributed by atoms with E-state index in [1.165, 1.54) is 5.01 Å². The van der Waals surface area contributed by atoms with Crippen molar-refractivity contribution in [3.63, 3.8) is 0 Å². The van der Waals surface area contributed by atoms with Crippen molar-refractivity contribution in [1.29, 1.82) is 0 Å². The molecule has 2 N–H and O–H groups in total. The molecule has 2 rings (SSSR count). The van der Waals surface area contributed by atoms with Crippen molar-refractivity contribution >= 4 is 11.3 Å². The monoisotopic (exact) mass is 239 g/mol. The van der Waals surface area contributed by atoms with E-state index in [0.29, 0.717) is 12.0 Å². The second-order valence-corrected chi connectivity index (χ2v) is 6.00. The van der Waals surface area contributed by atoms with Gasteiger partial charge < -0.3 is 5.73 Å². The SMILES string of the molecule is Cc1csc(C2C(N)CCN2CC(C)C)n1. The predicted octanol–water partition coefficient (Wildman–Crippen LogP) is 2.18. The number of aryl methyl sites for hydroxylation is 1. The molecule has 1 aliphatic heterocycles. The van der Waals surface area contributed by atoms with Gasteiger partial charge in [-0.3, -0.25) is 4.90 Å². The minimum absolute atomic E-state index is 0.254. The Hall–Kier alpha value is -0.450. The lowest BCUT2D eigenvalue weighted by molar-refractivity contribution is 0.220. The van der Waals surface area contributed by atoms with Gasteiger partial charge in [-0.2, -0.15) is 0 Å². The summed E-state index contributed by atoms with van der Waals surface area (Å²) < 4.78 is 0. The van der Waals surface area contributed by atoms with Gasteiger partial charge in [-0.1, -0.05) is 13.8 Å². The van der Waals surface area contributed by atoms with E-state index in [1.807, 2.05) is 6.92 Å². The van der Waals surface area contributed by atoms with E-state index in [2.05, 4.69) is 29.1 Å². The molecule has 0 spiro atoms. The van der Waals surface area contributed by atoms with Crippen LogP contribution >= 0.6 is 11.3 Å². The standard InChI is InChI=1S/C12H21N3S/c1-8(2)6-15-5-4-10(13)11(15)12-14-9(3)7-16-12/h7-8,10-11H,4-6,13H2,1-3H3. The summed E-state index contributed by atoms with van der Waals surface area (Å²) >= 11 is 1.75. The highest BCUT2D eigenvalue weighted by molar-refractivity contribution is 7.09. The number of nitrogens with two attached hydrogens (primary N) is 1. The molecular weight excluding hydrogens is 218 g/mol. The molecule has 4 heteroatoms. The molecule has 1 aromatic heterocycles. The maximum Gasteiger partial charge on any atom is 0.112 e. The second-order valence-electron chi connectivity index (χ2n) is 5.11. The van der Waals surface area contributed by atoms with Gasteiger partial charge in [0.15, 0.2) is 0 Å². The fourth-order valence-electron chi connectivity index (χ4n) is 2.40. The first kappa shape index (κ1) is 12.0. The Bertz CT molecular complexity index is 348. The topological polar surface area (TPSA) is 42.1 Å². The zero-order chi connectivity index (χ0) is 11.7. The lowest BCUT2D eigenvalue weighted by Crippen LogP contribution is -2.33. The molecule has 2 atom stereocenters. The second kappa shape index (κ2) is 4.82. The predicted molar refractivity (Wildman–Crippen MR) is 68.6 cm³/mol. The molecule has 1 fully saturated rings. The van der Waals surface area contributed by atoms with Crippen LogP contribution in [0.3, 0.4) is 0 Å². The van der Waals surface area contributed by atoms with Crippen LogP contribution in [0.1, 0.15) is 37.0 Å². The molecule has 1 saturated heterocycles. The van der Waals surface area contributed by atoms with E-state index in [4.69, 9.17) is 5.73 Å². The van der Waals surface area contributed by atoms with Crippen molar-refractivity contribution in [2.75, 3.05) is 13.1 Å². The van der Waals surface area contributed by atoms with Crippen molar-refractivity contribution < 1.29 is 0 Å². The fraction of sp³-hybridized carbons (Fsp3) is 0.750. The van der Waals surface area contributed by atoms with Crippen LogP contribution in [-0.4, -0.2) is 29.0 Å². The molecule has 0 aromatic carbocycles. The van der Waals surface area contributed by atoms with Crippen LogP contribution in [0, 0.1) is 12.8 Å². The highest BCUT2D eigenvalue weighted by Crippen LogP contribution is 2.33. The third-order valence-electron chi connectivity index (χ3n) is 3.04. The normalized spacial score (nSPS) is 26.8. The van der Waals surface area contributed by atoms with E-state index in [9.17, 15) is 0 Å². The maximum atomic E-state index is 6.21. The summed E-state index contributed by atoms with van der Waals surface area (Å²) in [5, 5.41) is 3.32. The largest absolute Gasteiger partial charge is 0.326 e. The molecule has 2 unspecified atom stereocenters. The minimum Gasteiger partial charge on any atom is -0.326 e. The summed E-state index contributed by atoms with van der Waals surface area (Å²) in [4.78, 5) is 7.09. The van der Waals surface area contributed by atoms with Gasteiger partial charge in [0, 0.05) is 30.2 Å². The Kier molecular flexibility index (Phi) is 3.62. The Labute approximate surface area is 102 Å². The molecule has 0 amide bonds. The summed E-state index contributed by atoms with van der Waals surface area (Å²) in [6.07, 6.45) is 1.09. The van der Waals surface area contributed by atoms with Gasteiger partial charge in [-0.15, -0.1) is 11.3 Å². The highest BCUT2D eigenvalue weighted by atomic mass is 32.1. The first-order valence-electron chi connectivity index (χ1n) is 5.99. The zero-order valence-corrected chi connectivity index (χ0v) is 11.1. The van der Waals surface area contributed by atoms with Gasteiger partial charge in [-0.05, 0) is 19.3 Å². The number of nitrogens with zero attached hydrogens (tertiary/aromatic N) is 2. The van der Waals surface area contributed by atoms with E-state index >= 15 is 0 Å². The average molecular weight is 239 g/mol. The van der Waals surface area contributed by atoms with Gasteiger partial charge >= 0.3 is 0 Å². The summed E-state index contributed by atoms with van der Waals surface area (Å²) in [5.41, 5.74) is 7.33. The number of hydrogen-bond donors (Lipinski definition) is 1. The number of aromatic nitrogens is 1. The number of thiazole rings is 1. The van der Waals surface area contributed by atoms with Crippen molar-refractivity contribution in [3.05, 3.63) is 16.1 Å². The van der Waals surface area contributed by atoms with E-state index in [-0.39, 0.29) is 6.04 Å². The molecule has 0 saturated carbocycles. The van der Waals surface area contributed by atoms with Crippen LogP contribution < -0.4 is 5.73 Å². The highest BCUT2D eigenvalue weighted by Gasteiger charge is 2.34. The Morgan fingerprint density at radius 1 is 1.62 bits per heavy atom. The van der Waals surface area contributed by atoms with Crippen molar-refractivity contribution in [3.8, 4) is 0 Å². The molecule has 1 aromatic rings. The summed E-state index contributed by atoms with van der Waals surface area (Å²) in [5.74, 6) is 0.689. The van der Waals surface area contributed by atoms with Crippen LogP contribution in [0.2, 0.25) is 0 Å². The van der Waals surface area contributed by atoms with Crippen molar-refractivity contribution in [1.82, 2.24) is 9.88 Å². The molecule has 2 heterocycles. The lowest BCUT2D eigenvalue weighted by Gasteiger charge is -2.26. The van der Waals surface area contributed by atoms with Crippen LogP contribution in [0.4, 0.5) is 0 Å². The smallest absolute Gasteiger partial charge is 0.112 e. The Balaban J connectivity index is 2.15. The van der Waals surface area contributed by atoms with Gasteiger partial charge in [0.1, 0.15) is 5.01 Å². The average Bonchev–Trinajstić information content (AvgIpc) is 2.73. The summed E-state index contributed by atoms with van der Waals surface area (Å²) in [6.45, 7) is 8.80. The fourth-order valence-corrected chi connectivity index (χ4v) is 3.41. The summed E-state index contributed by atoms with van der Waals surface area (Å²) in [7, 11) is 0. The van der Waals surface area contributed by atoms with Crippen LogP contribution in [-0.2, 0) is 0 Å². The first-order valence-corrected chi connectivity index (χ1v) is 6.87.